The van der Waals surface area contributed by atoms with Gasteiger partial charge < -0.3 is 14.6 Å². The Labute approximate surface area is 77.1 Å². The van der Waals surface area contributed by atoms with Crippen LogP contribution in [0.1, 0.15) is 33.6 Å². The van der Waals surface area contributed by atoms with Crippen LogP contribution in [0.3, 0.4) is 0 Å². The molecule has 1 aliphatic rings. The van der Waals surface area contributed by atoms with Gasteiger partial charge in [-0.2, -0.15) is 0 Å². The molecule has 0 aromatic carbocycles. The van der Waals surface area contributed by atoms with Crippen molar-refractivity contribution in [3.63, 3.8) is 0 Å². The van der Waals surface area contributed by atoms with Gasteiger partial charge in [0.1, 0.15) is 5.57 Å². The standard InChI is InChI=1S/C9H14O4/c1-4-5-9(3)12-7(10)6(2)8(11)13-9/h10H,4-5H2,1-3H3. The van der Waals surface area contributed by atoms with E-state index in [-0.39, 0.29) is 11.5 Å². The van der Waals surface area contributed by atoms with Crippen molar-refractivity contribution in [1.82, 2.24) is 0 Å². The summed E-state index contributed by atoms with van der Waals surface area (Å²) in [5, 5.41) is 9.27. The summed E-state index contributed by atoms with van der Waals surface area (Å²) in [4.78, 5) is 11.2. The van der Waals surface area contributed by atoms with Crippen molar-refractivity contribution in [2.24, 2.45) is 0 Å². The number of hydrogen-bond donors (Lipinski definition) is 1. The van der Waals surface area contributed by atoms with Crippen LogP contribution in [0, 0.1) is 0 Å². The number of aliphatic hydroxyl groups excluding tert-OH is 1. The van der Waals surface area contributed by atoms with E-state index in [1.54, 1.807) is 6.92 Å². The zero-order valence-corrected chi connectivity index (χ0v) is 8.09. The van der Waals surface area contributed by atoms with Crippen molar-refractivity contribution in [2.45, 2.75) is 39.4 Å². The predicted molar refractivity (Wildman–Crippen MR) is 45.8 cm³/mol. The number of aliphatic hydroxyl groups is 1. The Hall–Kier alpha value is -1.19. The highest BCUT2D eigenvalue weighted by Gasteiger charge is 2.37. The molecule has 1 aliphatic heterocycles. The number of rotatable bonds is 2. The van der Waals surface area contributed by atoms with Crippen LogP contribution in [0.25, 0.3) is 0 Å². The first-order valence-corrected chi connectivity index (χ1v) is 4.30. The number of ether oxygens (including phenoxy) is 2. The molecule has 0 spiro atoms. The van der Waals surface area contributed by atoms with Crippen molar-refractivity contribution >= 4 is 5.97 Å². The van der Waals surface area contributed by atoms with Gasteiger partial charge in [-0.25, -0.2) is 4.79 Å². The van der Waals surface area contributed by atoms with E-state index in [4.69, 9.17) is 9.47 Å². The Kier molecular flexibility index (Phi) is 2.50. The lowest BCUT2D eigenvalue weighted by Crippen LogP contribution is -2.39. The molecule has 1 N–H and O–H groups in total. The molecule has 0 saturated carbocycles. The minimum atomic E-state index is -1.00. The van der Waals surface area contributed by atoms with Crippen LogP contribution in [-0.4, -0.2) is 16.9 Å². The molecule has 74 valence electrons. The molecule has 1 atom stereocenters. The van der Waals surface area contributed by atoms with Crippen LogP contribution < -0.4 is 0 Å². The molecule has 0 aromatic heterocycles. The normalized spacial score (nSPS) is 28.4. The van der Waals surface area contributed by atoms with Gasteiger partial charge in [-0.05, 0) is 13.3 Å². The predicted octanol–water partition coefficient (Wildman–Crippen LogP) is 1.87. The molecule has 0 bridgehead atoms. The molecule has 0 saturated heterocycles. The maximum Gasteiger partial charge on any atom is 0.344 e. The van der Waals surface area contributed by atoms with Crippen molar-refractivity contribution < 1.29 is 19.4 Å². The number of carbonyl (C=O) groups excluding carboxylic acids is 1. The Morgan fingerprint density at radius 1 is 1.46 bits per heavy atom. The van der Waals surface area contributed by atoms with E-state index >= 15 is 0 Å². The van der Waals surface area contributed by atoms with Gasteiger partial charge in [-0.1, -0.05) is 6.92 Å². The molecule has 0 aliphatic carbocycles. The van der Waals surface area contributed by atoms with E-state index in [0.717, 1.165) is 6.42 Å². The lowest BCUT2D eigenvalue weighted by atomic mass is 10.1. The number of hydrogen-bond acceptors (Lipinski definition) is 4. The Bertz CT molecular complexity index is 256. The molecular formula is C9H14O4. The summed E-state index contributed by atoms with van der Waals surface area (Å²) in [5.74, 6) is -1.85. The van der Waals surface area contributed by atoms with Crippen molar-refractivity contribution in [3.05, 3.63) is 11.5 Å². The lowest BCUT2D eigenvalue weighted by Gasteiger charge is -2.32. The smallest absolute Gasteiger partial charge is 0.344 e. The molecule has 0 fully saturated rings. The van der Waals surface area contributed by atoms with E-state index in [1.807, 2.05) is 6.92 Å². The van der Waals surface area contributed by atoms with E-state index in [2.05, 4.69) is 0 Å². The molecule has 1 rings (SSSR count). The van der Waals surface area contributed by atoms with Crippen molar-refractivity contribution in [2.75, 3.05) is 0 Å². The third kappa shape index (κ3) is 1.94. The molecule has 4 nitrogen and oxygen atoms in total. The quantitative estimate of drug-likeness (QED) is 0.669. The van der Waals surface area contributed by atoms with E-state index in [1.165, 1.54) is 6.92 Å². The van der Waals surface area contributed by atoms with Crippen LogP contribution in [0.15, 0.2) is 11.5 Å². The van der Waals surface area contributed by atoms with Crippen LogP contribution in [0.2, 0.25) is 0 Å². The topological polar surface area (TPSA) is 55.8 Å². The molecule has 0 amide bonds. The Balaban J connectivity index is 2.83. The third-order valence-corrected chi connectivity index (χ3v) is 1.95. The van der Waals surface area contributed by atoms with Crippen molar-refractivity contribution in [3.8, 4) is 0 Å². The fraction of sp³-hybridized carbons (Fsp3) is 0.667. The highest BCUT2D eigenvalue weighted by molar-refractivity contribution is 5.88. The van der Waals surface area contributed by atoms with Gasteiger partial charge in [0.05, 0.1) is 0 Å². The van der Waals surface area contributed by atoms with Crippen LogP contribution >= 0.6 is 0 Å². The molecule has 4 heteroatoms. The van der Waals surface area contributed by atoms with E-state index in [0.29, 0.717) is 6.42 Å². The SMILES string of the molecule is CCCC1(C)OC(=O)C(C)=C(O)O1. The summed E-state index contributed by atoms with van der Waals surface area (Å²) in [6.07, 6.45) is 1.38. The van der Waals surface area contributed by atoms with E-state index < -0.39 is 11.8 Å². The van der Waals surface area contributed by atoms with Gasteiger partial charge in [0.25, 0.3) is 11.7 Å². The molecule has 0 aromatic rings. The molecule has 0 radical (unpaired) electrons. The summed E-state index contributed by atoms with van der Waals surface area (Å²) in [6.45, 7) is 5.05. The summed E-state index contributed by atoms with van der Waals surface area (Å²) < 4.78 is 10.1. The number of esters is 1. The molecule has 1 unspecified atom stereocenters. The first-order chi connectivity index (χ1) is 5.98. The second-order valence-corrected chi connectivity index (χ2v) is 3.31. The molecule has 13 heavy (non-hydrogen) atoms. The second-order valence-electron chi connectivity index (χ2n) is 3.31. The average Bonchev–Trinajstić information content (AvgIpc) is 2.00. The highest BCUT2D eigenvalue weighted by Crippen LogP contribution is 2.28. The number of carbonyl (C=O) groups is 1. The maximum atomic E-state index is 11.2. The second kappa shape index (κ2) is 3.28. The van der Waals surface area contributed by atoms with Crippen LogP contribution in [-0.2, 0) is 14.3 Å². The first-order valence-electron chi connectivity index (χ1n) is 4.30. The summed E-state index contributed by atoms with van der Waals surface area (Å²) in [7, 11) is 0. The minimum Gasteiger partial charge on any atom is -0.481 e. The Morgan fingerprint density at radius 3 is 2.54 bits per heavy atom. The fourth-order valence-corrected chi connectivity index (χ4v) is 1.22. The third-order valence-electron chi connectivity index (χ3n) is 1.95. The maximum absolute atomic E-state index is 11.2. The van der Waals surface area contributed by atoms with Gasteiger partial charge in [-0.3, -0.25) is 0 Å². The van der Waals surface area contributed by atoms with Gasteiger partial charge in [0.2, 0.25) is 0 Å². The van der Waals surface area contributed by atoms with E-state index in [9.17, 15) is 9.90 Å². The summed E-state index contributed by atoms with van der Waals surface area (Å²) >= 11 is 0. The number of cyclic esters (lactones) is 1. The highest BCUT2D eigenvalue weighted by atomic mass is 16.8. The first kappa shape index (κ1) is 9.89. The fourth-order valence-electron chi connectivity index (χ4n) is 1.22. The largest absolute Gasteiger partial charge is 0.481 e. The monoisotopic (exact) mass is 186 g/mol. The summed E-state index contributed by atoms with van der Waals surface area (Å²) in [5.41, 5.74) is 0.119. The lowest BCUT2D eigenvalue weighted by molar-refractivity contribution is -0.232. The van der Waals surface area contributed by atoms with Gasteiger partial charge >= 0.3 is 5.97 Å². The average molecular weight is 186 g/mol. The molecule has 1 heterocycles. The molecular weight excluding hydrogens is 172 g/mol. The minimum absolute atomic E-state index is 0.119. The van der Waals surface area contributed by atoms with Crippen LogP contribution in [0.4, 0.5) is 0 Å². The van der Waals surface area contributed by atoms with Gasteiger partial charge in [0.15, 0.2) is 0 Å². The van der Waals surface area contributed by atoms with Gasteiger partial charge in [-0.15, -0.1) is 0 Å². The zero-order valence-electron chi connectivity index (χ0n) is 8.09. The summed E-state index contributed by atoms with van der Waals surface area (Å²) in [6, 6.07) is 0. The Morgan fingerprint density at radius 2 is 2.08 bits per heavy atom. The zero-order chi connectivity index (χ0) is 10.1. The van der Waals surface area contributed by atoms with Crippen molar-refractivity contribution in [1.29, 1.82) is 0 Å². The van der Waals surface area contributed by atoms with Crippen LogP contribution in [0.5, 0.6) is 0 Å². The van der Waals surface area contributed by atoms with Gasteiger partial charge in [0, 0.05) is 13.3 Å².